The average molecular weight is 414 g/mol. The summed E-state index contributed by atoms with van der Waals surface area (Å²) in [5.74, 6) is -1.86. The Balaban J connectivity index is 2.72. The highest BCUT2D eigenvalue weighted by Crippen LogP contribution is 2.42. The number of esters is 1. The van der Waals surface area contributed by atoms with Crippen LogP contribution in [0.5, 0.6) is 0 Å². The van der Waals surface area contributed by atoms with E-state index in [4.69, 9.17) is 23.2 Å². The lowest BCUT2D eigenvalue weighted by Gasteiger charge is -2.15. The van der Waals surface area contributed by atoms with E-state index in [9.17, 15) is 22.4 Å². The van der Waals surface area contributed by atoms with Gasteiger partial charge in [0, 0.05) is 10.5 Å². The number of nitrogens with zero attached hydrogens (tertiary/aromatic N) is 1. The highest BCUT2D eigenvalue weighted by atomic mass is 35.5. The van der Waals surface area contributed by atoms with Gasteiger partial charge in [0.15, 0.2) is 11.5 Å². The molecule has 0 unspecified atom stereocenters. The van der Waals surface area contributed by atoms with Crippen molar-refractivity contribution in [2.75, 3.05) is 13.4 Å². The molecule has 0 amide bonds. The number of aromatic nitrogens is 1. The van der Waals surface area contributed by atoms with Gasteiger partial charge in [-0.15, -0.1) is 11.8 Å². The highest BCUT2D eigenvalue weighted by Gasteiger charge is 2.34. The SMILES string of the molecule is COC(=O)c1nc(-c2cc(SC)c(C(F)(F)F)cc2Cl)c(F)cc1Cl. The van der Waals surface area contributed by atoms with E-state index < -0.39 is 29.2 Å². The van der Waals surface area contributed by atoms with E-state index in [-0.39, 0.29) is 26.2 Å². The lowest BCUT2D eigenvalue weighted by molar-refractivity contribution is -0.139. The monoisotopic (exact) mass is 413 g/mol. The Morgan fingerprint density at radius 2 is 1.84 bits per heavy atom. The molecule has 1 aromatic carbocycles. The predicted octanol–water partition coefficient (Wildman–Crippen LogP) is 5.72. The minimum Gasteiger partial charge on any atom is -0.464 e. The standard InChI is InChI=1S/C15H9Cl2F4NO2S/c1-24-14(23)13-9(17)5-10(18)12(22-13)6-3-11(25-2)7(4-8(6)16)15(19,20)21/h3-5H,1-2H3. The van der Waals surface area contributed by atoms with Gasteiger partial charge in [-0.25, -0.2) is 14.2 Å². The molecule has 2 aromatic rings. The summed E-state index contributed by atoms with van der Waals surface area (Å²) in [6, 6.07) is 2.58. The third-order valence-electron chi connectivity index (χ3n) is 3.16. The van der Waals surface area contributed by atoms with Crippen LogP contribution in [0.3, 0.4) is 0 Å². The summed E-state index contributed by atoms with van der Waals surface area (Å²) in [5.41, 5.74) is -1.82. The molecule has 0 bridgehead atoms. The lowest BCUT2D eigenvalue weighted by atomic mass is 10.1. The van der Waals surface area contributed by atoms with E-state index in [2.05, 4.69) is 9.72 Å². The predicted molar refractivity (Wildman–Crippen MR) is 87.8 cm³/mol. The number of thioether (sulfide) groups is 1. The van der Waals surface area contributed by atoms with Crippen LogP contribution in [-0.2, 0) is 10.9 Å². The van der Waals surface area contributed by atoms with Crippen molar-refractivity contribution < 1.29 is 27.1 Å². The maximum Gasteiger partial charge on any atom is 0.417 e. The number of carbonyl (C=O) groups excluding carboxylic acids is 1. The minimum atomic E-state index is -4.62. The van der Waals surface area contributed by atoms with Gasteiger partial charge in [-0.1, -0.05) is 23.2 Å². The van der Waals surface area contributed by atoms with Gasteiger partial charge in [0.25, 0.3) is 0 Å². The Bertz CT molecular complexity index is 843. The first-order valence-corrected chi connectivity index (χ1v) is 8.47. The van der Waals surface area contributed by atoms with Gasteiger partial charge in [-0.05, 0) is 24.5 Å². The van der Waals surface area contributed by atoms with Gasteiger partial charge in [0.1, 0.15) is 5.69 Å². The van der Waals surface area contributed by atoms with Gasteiger partial charge < -0.3 is 4.74 Å². The molecule has 10 heteroatoms. The van der Waals surface area contributed by atoms with Crippen LogP contribution in [0.15, 0.2) is 23.1 Å². The molecule has 25 heavy (non-hydrogen) atoms. The molecule has 0 saturated carbocycles. The number of ether oxygens (including phenoxy) is 1. The zero-order chi connectivity index (χ0) is 18.9. The number of methoxy groups -OCH3 is 1. The van der Waals surface area contributed by atoms with Crippen molar-refractivity contribution in [3.05, 3.63) is 45.3 Å². The summed E-state index contributed by atoms with van der Waals surface area (Å²) in [6.45, 7) is 0. The quantitative estimate of drug-likeness (QED) is 0.366. The van der Waals surface area contributed by atoms with Crippen molar-refractivity contribution in [2.45, 2.75) is 11.1 Å². The summed E-state index contributed by atoms with van der Waals surface area (Å²) >= 11 is 12.5. The first-order chi connectivity index (χ1) is 11.6. The Labute approximate surface area is 154 Å². The maximum absolute atomic E-state index is 14.2. The van der Waals surface area contributed by atoms with Crippen LogP contribution in [0.25, 0.3) is 11.3 Å². The van der Waals surface area contributed by atoms with Gasteiger partial charge >= 0.3 is 12.1 Å². The number of pyridine rings is 1. The molecule has 0 aliphatic carbocycles. The highest BCUT2D eigenvalue weighted by molar-refractivity contribution is 7.98. The summed E-state index contributed by atoms with van der Waals surface area (Å²) in [4.78, 5) is 15.3. The number of carbonyl (C=O) groups is 1. The molecule has 0 fully saturated rings. The molecule has 0 radical (unpaired) electrons. The second kappa shape index (κ2) is 7.39. The molecule has 0 N–H and O–H groups in total. The smallest absolute Gasteiger partial charge is 0.417 e. The van der Waals surface area contributed by atoms with Crippen LogP contribution in [0.1, 0.15) is 16.1 Å². The van der Waals surface area contributed by atoms with Gasteiger partial charge in [0.2, 0.25) is 0 Å². The molecule has 1 aromatic heterocycles. The van der Waals surface area contributed by atoms with E-state index in [1.165, 1.54) is 6.26 Å². The zero-order valence-electron chi connectivity index (χ0n) is 12.7. The second-order valence-electron chi connectivity index (χ2n) is 4.67. The zero-order valence-corrected chi connectivity index (χ0v) is 15.0. The van der Waals surface area contributed by atoms with Gasteiger partial charge in [-0.3, -0.25) is 0 Å². The molecular formula is C15H9Cl2F4NO2S. The molecule has 0 atom stereocenters. The topological polar surface area (TPSA) is 39.2 Å². The van der Waals surface area contributed by atoms with Crippen LogP contribution in [0.2, 0.25) is 10.0 Å². The Hall–Kier alpha value is -1.51. The largest absolute Gasteiger partial charge is 0.464 e. The Kier molecular flexibility index (Phi) is 5.86. The van der Waals surface area contributed by atoms with E-state index in [0.717, 1.165) is 31.0 Å². The van der Waals surface area contributed by atoms with E-state index >= 15 is 0 Å². The number of alkyl halides is 3. The second-order valence-corrected chi connectivity index (χ2v) is 6.33. The summed E-state index contributed by atoms with van der Waals surface area (Å²) in [6.07, 6.45) is -3.18. The van der Waals surface area contributed by atoms with Crippen molar-refractivity contribution in [1.82, 2.24) is 4.98 Å². The van der Waals surface area contributed by atoms with E-state index in [0.29, 0.717) is 6.07 Å². The van der Waals surface area contributed by atoms with E-state index in [1.54, 1.807) is 0 Å². The van der Waals surface area contributed by atoms with Crippen molar-refractivity contribution in [1.29, 1.82) is 0 Å². The van der Waals surface area contributed by atoms with Gasteiger partial charge in [-0.2, -0.15) is 13.2 Å². The fraction of sp³-hybridized carbons (Fsp3) is 0.200. The van der Waals surface area contributed by atoms with Crippen LogP contribution >= 0.6 is 35.0 Å². The maximum atomic E-state index is 14.2. The fourth-order valence-electron chi connectivity index (χ4n) is 2.02. The van der Waals surface area contributed by atoms with Crippen molar-refractivity contribution in [3.8, 4) is 11.3 Å². The lowest BCUT2D eigenvalue weighted by Crippen LogP contribution is -2.09. The van der Waals surface area contributed by atoms with Crippen molar-refractivity contribution in [3.63, 3.8) is 0 Å². The van der Waals surface area contributed by atoms with E-state index in [1.807, 2.05) is 0 Å². The van der Waals surface area contributed by atoms with Crippen LogP contribution in [-0.4, -0.2) is 24.3 Å². The molecule has 3 nitrogen and oxygen atoms in total. The molecule has 0 aliphatic heterocycles. The number of hydrogen-bond acceptors (Lipinski definition) is 4. The summed E-state index contributed by atoms with van der Waals surface area (Å²) in [7, 11) is 1.08. The average Bonchev–Trinajstić information content (AvgIpc) is 2.53. The molecule has 0 spiro atoms. The van der Waals surface area contributed by atoms with Crippen molar-refractivity contribution in [2.24, 2.45) is 0 Å². The normalized spacial score (nSPS) is 11.5. The number of hydrogen-bond donors (Lipinski definition) is 0. The summed E-state index contributed by atoms with van der Waals surface area (Å²) in [5, 5.41) is -0.657. The molecular weight excluding hydrogens is 405 g/mol. The number of halogens is 6. The molecule has 2 rings (SSSR count). The minimum absolute atomic E-state index is 0.0988. The molecule has 0 aliphatic rings. The molecule has 1 heterocycles. The Morgan fingerprint density at radius 3 is 2.36 bits per heavy atom. The first kappa shape index (κ1) is 19.8. The third-order valence-corrected chi connectivity index (χ3v) is 4.54. The first-order valence-electron chi connectivity index (χ1n) is 6.49. The third kappa shape index (κ3) is 4.02. The van der Waals surface area contributed by atoms with Gasteiger partial charge in [0.05, 0.1) is 22.7 Å². The van der Waals surface area contributed by atoms with Crippen molar-refractivity contribution >= 4 is 40.9 Å². The fourth-order valence-corrected chi connectivity index (χ4v) is 3.12. The number of rotatable bonds is 3. The summed E-state index contributed by atoms with van der Waals surface area (Å²) < 4.78 is 57.9. The molecule has 134 valence electrons. The Morgan fingerprint density at radius 1 is 1.20 bits per heavy atom. The number of benzene rings is 1. The molecule has 0 saturated heterocycles. The van der Waals surface area contributed by atoms with Crippen LogP contribution < -0.4 is 0 Å². The van der Waals surface area contributed by atoms with Crippen LogP contribution in [0.4, 0.5) is 17.6 Å². The van der Waals surface area contributed by atoms with Crippen LogP contribution in [0, 0.1) is 5.82 Å².